The van der Waals surface area contributed by atoms with Crippen molar-refractivity contribution in [1.29, 1.82) is 0 Å². The van der Waals surface area contributed by atoms with Crippen LogP contribution in [0.3, 0.4) is 0 Å². The zero-order valence-electron chi connectivity index (χ0n) is 13.3. The van der Waals surface area contributed by atoms with Gasteiger partial charge in [0.2, 0.25) is 5.91 Å². The van der Waals surface area contributed by atoms with E-state index < -0.39 is 0 Å². The molecule has 0 saturated carbocycles. The molecule has 0 spiro atoms. The van der Waals surface area contributed by atoms with Gasteiger partial charge in [0.05, 0.1) is 17.2 Å². The predicted octanol–water partition coefficient (Wildman–Crippen LogP) is 2.66. The molecule has 23 heavy (non-hydrogen) atoms. The number of aromatic nitrogens is 2. The highest BCUT2D eigenvalue weighted by atomic mass is 79.9. The number of nitrogens with zero attached hydrogens (tertiary/aromatic N) is 3. The third kappa shape index (κ3) is 3.47. The number of carbonyl (C=O) groups is 1. The van der Waals surface area contributed by atoms with Crippen LogP contribution in [0.15, 0.2) is 33.8 Å². The van der Waals surface area contributed by atoms with E-state index in [1.165, 1.54) is 10.9 Å². The van der Waals surface area contributed by atoms with Gasteiger partial charge in [0.1, 0.15) is 6.54 Å². The lowest BCUT2D eigenvalue weighted by Crippen LogP contribution is -2.44. The fourth-order valence-corrected chi connectivity index (χ4v) is 3.72. The molecular weight excluding hydrogens is 358 g/mol. The molecule has 1 saturated heterocycles. The second-order valence-corrected chi connectivity index (χ2v) is 7.50. The van der Waals surface area contributed by atoms with Crippen molar-refractivity contribution in [2.24, 2.45) is 11.8 Å². The van der Waals surface area contributed by atoms with Crippen molar-refractivity contribution in [2.45, 2.75) is 26.8 Å². The number of likely N-dealkylation sites (tertiary alicyclic amines) is 1. The fraction of sp³-hybridized carbons (Fsp3) is 0.471. The van der Waals surface area contributed by atoms with Crippen LogP contribution in [0.25, 0.3) is 10.9 Å². The van der Waals surface area contributed by atoms with Gasteiger partial charge in [-0.25, -0.2) is 4.98 Å². The van der Waals surface area contributed by atoms with Crippen LogP contribution in [-0.2, 0) is 11.3 Å². The number of fused-ring (bicyclic) bond motifs is 1. The third-order valence-corrected chi connectivity index (χ3v) is 4.81. The molecule has 1 aromatic heterocycles. The summed E-state index contributed by atoms with van der Waals surface area (Å²) in [5.74, 6) is 0.997. The van der Waals surface area contributed by atoms with Gasteiger partial charge in [-0.3, -0.25) is 14.2 Å². The summed E-state index contributed by atoms with van der Waals surface area (Å²) < 4.78 is 2.23. The first-order chi connectivity index (χ1) is 10.9. The van der Waals surface area contributed by atoms with Gasteiger partial charge in [-0.2, -0.15) is 0 Å². The third-order valence-electron chi connectivity index (χ3n) is 4.31. The Balaban J connectivity index is 1.85. The average molecular weight is 378 g/mol. The molecule has 0 bridgehead atoms. The summed E-state index contributed by atoms with van der Waals surface area (Å²) in [5.41, 5.74) is 0.463. The molecule has 1 aliphatic rings. The minimum Gasteiger partial charge on any atom is -0.341 e. The lowest BCUT2D eigenvalue weighted by Gasteiger charge is -2.35. The number of benzene rings is 1. The van der Waals surface area contributed by atoms with Crippen LogP contribution >= 0.6 is 15.9 Å². The first-order valence-electron chi connectivity index (χ1n) is 7.86. The number of rotatable bonds is 2. The van der Waals surface area contributed by atoms with E-state index in [2.05, 4.69) is 34.8 Å². The molecule has 2 atom stereocenters. The normalized spacial score (nSPS) is 21.6. The molecule has 1 aliphatic heterocycles. The van der Waals surface area contributed by atoms with Crippen molar-refractivity contribution in [3.63, 3.8) is 0 Å². The van der Waals surface area contributed by atoms with Gasteiger partial charge in [-0.05, 0) is 36.5 Å². The number of carbonyl (C=O) groups excluding carboxylic acids is 1. The van der Waals surface area contributed by atoms with Gasteiger partial charge in [-0.1, -0.05) is 29.8 Å². The SMILES string of the molecule is CC1CC(C)CN(C(=O)Cn2cnc3ccc(Br)cc3c2=O)C1. The highest BCUT2D eigenvalue weighted by Crippen LogP contribution is 2.21. The summed E-state index contributed by atoms with van der Waals surface area (Å²) in [6, 6.07) is 5.39. The Hall–Kier alpha value is -1.69. The maximum atomic E-state index is 12.6. The molecule has 0 aliphatic carbocycles. The largest absolute Gasteiger partial charge is 0.341 e. The maximum absolute atomic E-state index is 12.6. The van der Waals surface area contributed by atoms with E-state index in [4.69, 9.17) is 0 Å². The van der Waals surface area contributed by atoms with Crippen LogP contribution in [0.5, 0.6) is 0 Å². The van der Waals surface area contributed by atoms with Crippen molar-refractivity contribution in [1.82, 2.24) is 14.5 Å². The summed E-state index contributed by atoms with van der Waals surface area (Å²) in [5, 5.41) is 0.523. The summed E-state index contributed by atoms with van der Waals surface area (Å²) in [4.78, 5) is 31.3. The van der Waals surface area contributed by atoms with Crippen LogP contribution < -0.4 is 5.56 Å². The summed E-state index contributed by atoms with van der Waals surface area (Å²) in [7, 11) is 0. The Kier molecular flexibility index (Phi) is 4.53. The van der Waals surface area contributed by atoms with Crippen molar-refractivity contribution in [3.8, 4) is 0 Å². The van der Waals surface area contributed by atoms with Gasteiger partial charge in [0.15, 0.2) is 0 Å². The minimum absolute atomic E-state index is 0.0124. The van der Waals surface area contributed by atoms with Crippen molar-refractivity contribution < 1.29 is 4.79 Å². The van der Waals surface area contributed by atoms with Gasteiger partial charge in [0, 0.05) is 17.6 Å². The lowest BCUT2D eigenvalue weighted by atomic mass is 9.92. The van der Waals surface area contributed by atoms with E-state index in [1.54, 1.807) is 12.1 Å². The highest BCUT2D eigenvalue weighted by molar-refractivity contribution is 9.10. The molecule has 122 valence electrons. The smallest absolute Gasteiger partial charge is 0.261 e. The average Bonchev–Trinajstić information content (AvgIpc) is 2.49. The van der Waals surface area contributed by atoms with E-state index in [9.17, 15) is 9.59 Å². The van der Waals surface area contributed by atoms with E-state index in [0.29, 0.717) is 22.7 Å². The van der Waals surface area contributed by atoms with E-state index in [0.717, 1.165) is 24.0 Å². The number of piperidine rings is 1. The van der Waals surface area contributed by atoms with Gasteiger partial charge >= 0.3 is 0 Å². The molecule has 0 N–H and O–H groups in total. The minimum atomic E-state index is -0.178. The first-order valence-corrected chi connectivity index (χ1v) is 8.66. The maximum Gasteiger partial charge on any atom is 0.261 e. The number of hydrogen-bond acceptors (Lipinski definition) is 3. The van der Waals surface area contributed by atoms with Crippen LogP contribution in [-0.4, -0.2) is 33.4 Å². The van der Waals surface area contributed by atoms with Crippen LogP contribution in [0.4, 0.5) is 0 Å². The molecule has 2 aromatic rings. The second kappa shape index (κ2) is 6.43. The van der Waals surface area contributed by atoms with Crippen LogP contribution in [0.2, 0.25) is 0 Å². The zero-order chi connectivity index (χ0) is 16.6. The molecule has 1 fully saturated rings. The molecule has 1 aromatic carbocycles. The Morgan fingerprint density at radius 3 is 2.70 bits per heavy atom. The quantitative estimate of drug-likeness (QED) is 0.808. The van der Waals surface area contributed by atoms with E-state index >= 15 is 0 Å². The predicted molar refractivity (Wildman–Crippen MR) is 93.2 cm³/mol. The first kappa shape index (κ1) is 16.2. The Bertz CT molecular complexity index is 792. The van der Waals surface area contributed by atoms with Crippen LogP contribution in [0, 0.1) is 11.8 Å². The van der Waals surface area contributed by atoms with Crippen molar-refractivity contribution in [3.05, 3.63) is 39.4 Å². The highest BCUT2D eigenvalue weighted by Gasteiger charge is 2.25. The van der Waals surface area contributed by atoms with E-state index in [-0.39, 0.29) is 18.0 Å². The monoisotopic (exact) mass is 377 g/mol. The van der Waals surface area contributed by atoms with E-state index in [1.807, 2.05) is 11.0 Å². The molecule has 5 nitrogen and oxygen atoms in total. The number of halogens is 1. The molecule has 3 rings (SSSR count). The summed E-state index contributed by atoms with van der Waals surface area (Å²) in [6.45, 7) is 5.91. The molecule has 2 heterocycles. The Morgan fingerprint density at radius 1 is 1.30 bits per heavy atom. The molecule has 6 heteroatoms. The molecule has 1 amide bonds. The van der Waals surface area contributed by atoms with Gasteiger partial charge in [0.25, 0.3) is 5.56 Å². The lowest BCUT2D eigenvalue weighted by molar-refractivity contribution is -0.134. The Labute approximate surface area is 143 Å². The van der Waals surface area contributed by atoms with Crippen LogP contribution in [0.1, 0.15) is 20.3 Å². The number of amides is 1. The van der Waals surface area contributed by atoms with Crippen molar-refractivity contribution in [2.75, 3.05) is 13.1 Å². The molecule has 2 unspecified atom stereocenters. The molecule has 0 radical (unpaired) electrons. The summed E-state index contributed by atoms with van der Waals surface area (Å²) in [6.07, 6.45) is 2.61. The zero-order valence-corrected chi connectivity index (χ0v) is 14.9. The number of hydrogen-bond donors (Lipinski definition) is 0. The standard InChI is InChI=1S/C17H20BrN3O2/c1-11-5-12(2)8-20(7-11)16(22)9-21-10-19-15-4-3-13(18)6-14(15)17(21)23/h3-4,6,10-12H,5,7-9H2,1-2H3. The Morgan fingerprint density at radius 2 is 2.00 bits per heavy atom. The van der Waals surface area contributed by atoms with Crippen molar-refractivity contribution >= 4 is 32.7 Å². The fourth-order valence-electron chi connectivity index (χ4n) is 3.36. The summed E-state index contributed by atoms with van der Waals surface area (Å²) >= 11 is 3.37. The van der Waals surface area contributed by atoms with Gasteiger partial charge in [-0.15, -0.1) is 0 Å². The topological polar surface area (TPSA) is 55.2 Å². The van der Waals surface area contributed by atoms with Gasteiger partial charge < -0.3 is 4.90 Å². The second-order valence-electron chi connectivity index (χ2n) is 6.58. The molecular formula is C17H20BrN3O2.